The number of fused-ring (bicyclic) bond motifs is 7. The maximum atomic E-state index is 5.31. The van der Waals surface area contributed by atoms with Crippen LogP contribution in [0.5, 0.6) is 0 Å². The molecule has 0 aliphatic carbocycles. The maximum Gasteiger partial charge on any atom is 0.164 e. The summed E-state index contributed by atoms with van der Waals surface area (Å²) in [6.07, 6.45) is 0. The molecule has 0 amide bonds. The van der Waals surface area contributed by atoms with Gasteiger partial charge in [0.25, 0.3) is 0 Å². The van der Waals surface area contributed by atoms with Gasteiger partial charge in [0, 0.05) is 36.9 Å². The highest BCUT2D eigenvalue weighted by Gasteiger charge is 2.19. The standard InChI is InChI=1S/C51H31N3S/c1-2-12-35-29-37(28-27-32(35)11-1)34-25-23-33(24-26-34)36-14-9-15-39(30-36)49-52-50(44-20-10-22-47-48(44)43-19-7-8-21-46(43)55-47)54-51(53-49)45-31-38-13-3-4-16-40(38)41-17-5-6-18-42(41)45/h1-31H. The summed E-state index contributed by atoms with van der Waals surface area (Å²) in [7, 11) is 0. The van der Waals surface area contributed by atoms with Gasteiger partial charge in [0.05, 0.1) is 0 Å². The molecule has 0 fully saturated rings. The van der Waals surface area contributed by atoms with Crippen molar-refractivity contribution in [3.05, 3.63) is 188 Å². The third-order valence-corrected chi connectivity index (χ3v) is 11.8. The van der Waals surface area contributed by atoms with Gasteiger partial charge in [-0.3, -0.25) is 0 Å². The molecular formula is C51H31N3S. The van der Waals surface area contributed by atoms with Crippen LogP contribution in [0, 0.1) is 0 Å². The minimum atomic E-state index is 0.642. The minimum Gasteiger partial charge on any atom is -0.208 e. The van der Waals surface area contributed by atoms with E-state index >= 15 is 0 Å². The van der Waals surface area contributed by atoms with Crippen molar-refractivity contribution in [2.75, 3.05) is 0 Å². The summed E-state index contributed by atoms with van der Waals surface area (Å²) in [5.74, 6) is 1.96. The molecule has 0 atom stereocenters. The van der Waals surface area contributed by atoms with Gasteiger partial charge >= 0.3 is 0 Å². The molecule has 3 nitrogen and oxygen atoms in total. The molecule has 0 aliphatic heterocycles. The molecule has 4 heteroatoms. The van der Waals surface area contributed by atoms with Gasteiger partial charge in [-0.15, -0.1) is 11.3 Å². The second kappa shape index (κ2) is 12.8. The summed E-state index contributed by atoms with van der Waals surface area (Å²) in [6.45, 7) is 0. The van der Waals surface area contributed by atoms with E-state index in [9.17, 15) is 0 Å². The van der Waals surface area contributed by atoms with E-state index in [2.05, 4.69) is 188 Å². The number of hydrogen-bond acceptors (Lipinski definition) is 4. The Bertz CT molecular complexity index is 3270. The van der Waals surface area contributed by atoms with E-state index in [-0.39, 0.29) is 0 Å². The smallest absolute Gasteiger partial charge is 0.164 e. The average Bonchev–Trinajstić information content (AvgIpc) is 3.65. The third-order valence-electron chi connectivity index (χ3n) is 10.7. The van der Waals surface area contributed by atoms with E-state index in [4.69, 9.17) is 15.0 Å². The van der Waals surface area contributed by atoms with Crippen LogP contribution in [0.4, 0.5) is 0 Å². The van der Waals surface area contributed by atoms with E-state index in [0.717, 1.165) is 38.6 Å². The summed E-state index contributed by atoms with van der Waals surface area (Å²) in [4.78, 5) is 15.9. The second-order valence-corrected chi connectivity index (χ2v) is 15.1. The SMILES string of the molecule is c1cc(-c2ccc(-c3ccc4ccccc4c3)cc2)cc(-c2nc(-c3cc4ccccc4c4ccccc34)nc(-c3cccc4sc5ccccc5c34)n2)c1. The molecule has 256 valence electrons. The predicted octanol–water partition coefficient (Wildman–Crippen LogP) is 14.0. The lowest BCUT2D eigenvalue weighted by Crippen LogP contribution is -2.01. The van der Waals surface area contributed by atoms with Crippen molar-refractivity contribution < 1.29 is 0 Å². The van der Waals surface area contributed by atoms with Crippen LogP contribution in [0.3, 0.4) is 0 Å². The molecule has 0 saturated carbocycles. The van der Waals surface area contributed by atoms with Gasteiger partial charge in [0.15, 0.2) is 17.5 Å². The average molecular weight is 718 g/mol. The highest BCUT2D eigenvalue weighted by Crippen LogP contribution is 2.41. The lowest BCUT2D eigenvalue weighted by Gasteiger charge is -2.13. The number of nitrogens with zero attached hydrogens (tertiary/aromatic N) is 3. The molecule has 0 unspecified atom stereocenters. The zero-order valence-corrected chi connectivity index (χ0v) is 30.5. The third kappa shape index (κ3) is 5.46. The van der Waals surface area contributed by atoms with Gasteiger partial charge in [-0.05, 0) is 84.9 Å². The maximum absolute atomic E-state index is 5.31. The van der Waals surface area contributed by atoms with E-state index in [1.165, 1.54) is 52.8 Å². The number of benzene rings is 9. The fraction of sp³-hybridized carbons (Fsp3) is 0. The Hall–Kier alpha value is -7.01. The van der Waals surface area contributed by atoms with Crippen molar-refractivity contribution in [3.8, 4) is 56.4 Å². The van der Waals surface area contributed by atoms with Gasteiger partial charge in [0.1, 0.15) is 0 Å². The topological polar surface area (TPSA) is 38.7 Å². The number of thiophene rings is 1. The van der Waals surface area contributed by atoms with Crippen LogP contribution in [-0.4, -0.2) is 15.0 Å². The molecule has 0 radical (unpaired) electrons. The first kappa shape index (κ1) is 31.5. The quantitative estimate of drug-likeness (QED) is 0.166. The molecule has 0 bridgehead atoms. The Morgan fingerprint density at radius 1 is 0.291 bits per heavy atom. The van der Waals surface area contributed by atoms with Gasteiger partial charge in [-0.2, -0.15) is 0 Å². The Morgan fingerprint density at radius 3 is 1.67 bits per heavy atom. The van der Waals surface area contributed by atoms with E-state index in [1.807, 2.05) is 0 Å². The molecule has 9 aromatic carbocycles. The van der Waals surface area contributed by atoms with Gasteiger partial charge in [-0.1, -0.05) is 158 Å². The zero-order valence-electron chi connectivity index (χ0n) is 29.6. The van der Waals surface area contributed by atoms with Crippen molar-refractivity contribution in [2.45, 2.75) is 0 Å². The molecule has 2 aromatic heterocycles. The summed E-state index contributed by atoms with van der Waals surface area (Å²) in [5, 5.41) is 9.54. The first-order valence-electron chi connectivity index (χ1n) is 18.5. The molecule has 0 aliphatic rings. The van der Waals surface area contributed by atoms with Crippen LogP contribution in [-0.2, 0) is 0 Å². The molecular weight excluding hydrogens is 687 g/mol. The Kier molecular flexibility index (Phi) is 7.35. The summed E-state index contributed by atoms with van der Waals surface area (Å²) in [6, 6.07) is 67.0. The van der Waals surface area contributed by atoms with Crippen LogP contribution in [0.1, 0.15) is 0 Å². The molecule has 11 aromatic rings. The highest BCUT2D eigenvalue weighted by molar-refractivity contribution is 7.25. The van der Waals surface area contributed by atoms with E-state index in [0.29, 0.717) is 17.5 Å². The summed E-state index contributed by atoms with van der Waals surface area (Å²) in [5.41, 5.74) is 7.57. The monoisotopic (exact) mass is 717 g/mol. The predicted molar refractivity (Wildman–Crippen MR) is 232 cm³/mol. The lowest BCUT2D eigenvalue weighted by molar-refractivity contribution is 1.08. The van der Waals surface area contributed by atoms with Crippen LogP contribution >= 0.6 is 11.3 Å². The summed E-state index contributed by atoms with van der Waals surface area (Å²) < 4.78 is 2.46. The van der Waals surface area contributed by atoms with Gasteiger partial charge < -0.3 is 0 Å². The van der Waals surface area contributed by atoms with Gasteiger partial charge in [-0.25, -0.2) is 15.0 Å². The molecule has 2 heterocycles. The highest BCUT2D eigenvalue weighted by atomic mass is 32.1. The number of hydrogen-bond donors (Lipinski definition) is 0. The number of aromatic nitrogens is 3. The van der Waals surface area contributed by atoms with Crippen molar-refractivity contribution in [1.29, 1.82) is 0 Å². The summed E-state index contributed by atoms with van der Waals surface area (Å²) >= 11 is 1.80. The van der Waals surface area contributed by atoms with Crippen molar-refractivity contribution in [1.82, 2.24) is 15.0 Å². The second-order valence-electron chi connectivity index (χ2n) is 14.0. The minimum absolute atomic E-state index is 0.642. The first-order chi connectivity index (χ1) is 27.2. The van der Waals surface area contributed by atoms with Crippen molar-refractivity contribution in [2.24, 2.45) is 0 Å². The van der Waals surface area contributed by atoms with Gasteiger partial charge in [0.2, 0.25) is 0 Å². The Morgan fingerprint density at radius 2 is 0.855 bits per heavy atom. The van der Waals surface area contributed by atoms with Crippen LogP contribution in [0.2, 0.25) is 0 Å². The Balaban J connectivity index is 1.08. The largest absolute Gasteiger partial charge is 0.208 e. The normalized spacial score (nSPS) is 11.6. The fourth-order valence-corrected chi connectivity index (χ4v) is 9.14. The van der Waals surface area contributed by atoms with Crippen LogP contribution in [0.25, 0.3) is 109 Å². The molecule has 0 N–H and O–H groups in total. The molecule has 0 spiro atoms. The van der Waals surface area contributed by atoms with Crippen molar-refractivity contribution >= 4 is 63.8 Å². The van der Waals surface area contributed by atoms with E-state index < -0.39 is 0 Å². The number of rotatable bonds is 5. The van der Waals surface area contributed by atoms with Crippen LogP contribution in [0.15, 0.2) is 188 Å². The Labute approximate surface area is 321 Å². The first-order valence-corrected chi connectivity index (χ1v) is 19.3. The molecule has 55 heavy (non-hydrogen) atoms. The lowest BCUT2D eigenvalue weighted by atomic mass is 9.96. The fourth-order valence-electron chi connectivity index (χ4n) is 8.01. The van der Waals surface area contributed by atoms with E-state index in [1.54, 1.807) is 11.3 Å². The zero-order chi connectivity index (χ0) is 36.3. The molecule has 0 saturated heterocycles. The molecule has 11 rings (SSSR count). The van der Waals surface area contributed by atoms with Crippen LogP contribution < -0.4 is 0 Å². The van der Waals surface area contributed by atoms with Crippen molar-refractivity contribution in [3.63, 3.8) is 0 Å².